The van der Waals surface area contributed by atoms with Crippen LogP contribution >= 0.6 is 11.5 Å². The van der Waals surface area contributed by atoms with Gasteiger partial charge in [0, 0.05) is 11.3 Å². The molecule has 2 rings (SSSR count). The van der Waals surface area contributed by atoms with E-state index >= 15 is 0 Å². The lowest BCUT2D eigenvalue weighted by molar-refractivity contribution is 0.103. The second-order valence-electron chi connectivity index (χ2n) is 3.77. The molecule has 0 saturated carbocycles. The quantitative estimate of drug-likeness (QED) is 0.810. The van der Waals surface area contributed by atoms with Crippen LogP contribution in [0.3, 0.4) is 0 Å². The second-order valence-corrected chi connectivity index (χ2v) is 4.56. The molecule has 0 aliphatic rings. The van der Waals surface area contributed by atoms with Gasteiger partial charge in [0.2, 0.25) is 0 Å². The van der Waals surface area contributed by atoms with Crippen LogP contribution in [0.25, 0.3) is 0 Å². The highest BCUT2D eigenvalue weighted by molar-refractivity contribution is 7.07. The molecule has 1 amide bonds. The van der Waals surface area contributed by atoms with Crippen molar-refractivity contribution in [1.29, 1.82) is 0 Å². The van der Waals surface area contributed by atoms with Crippen molar-refractivity contribution in [3.63, 3.8) is 0 Å². The average Bonchev–Trinajstić information content (AvgIpc) is 2.93. The SMILES string of the molecule is Cc1ccc(C#CCN)cc1NC(=O)c1cnns1. The number of hydrogen-bond acceptors (Lipinski definition) is 5. The molecule has 96 valence electrons. The van der Waals surface area contributed by atoms with Gasteiger partial charge in [-0.1, -0.05) is 22.4 Å². The van der Waals surface area contributed by atoms with E-state index in [1.165, 1.54) is 6.20 Å². The van der Waals surface area contributed by atoms with E-state index in [2.05, 4.69) is 26.7 Å². The standard InChI is InChI=1S/C13H12N4OS/c1-9-4-5-10(3-2-6-14)7-11(9)16-13(18)12-8-15-17-19-12/h4-5,7-8H,6,14H2,1H3,(H,16,18). The maximum Gasteiger partial charge on any atom is 0.269 e. The third-order valence-electron chi connectivity index (χ3n) is 2.41. The minimum Gasteiger partial charge on any atom is -0.321 e. The van der Waals surface area contributed by atoms with Gasteiger partial charge in [-0.3, -0.25) is 4.79 Å². The Bertz CT molecular complexity index is 640. The third kappa shape index (κ3) is 3.37. The highest BCUT2D eigenvalue weighted by atomic mass is 32.1. The molecule has 19 heavy (non-hydrogen) atoms. The molecule has 2 aromatic rings. The zero-order chi connectivity index (χ0) is 13.7. The first-order valence-corrected chi connectivity index (χ1v) is 6.36. The number of aryl methyl sites for hydroxylation is 1. The zero-order valence-electron chi connectivity index (χ0n) is 10.3. The Kier molecular flexibility index (Phi) is 4.23. The van der Waals surface area contributed by atoms with Crippen molar-refractivity contribution < 1.29 is 4.79 Å². The molecule has 0 spiro atoms. The number of carbonyl (C=O) groups is 1. The van der Waals surface area contributed by atoms with Crippen LogP contribution in [0.2, 0.25) is 0 Å². The lowest BCUT2D eigenvalue weighted by Gasteiger charge is -2.07. The van der Waals surface area contributed by atoms with Crippen LogP contribution in [0.5, 0.6) is 0 Å². The van der Waals surface area contributed by atoms with Crippen molar-refractivity contribution in [2.45, 2.75) is 6.92 Å². The van der Waals surface area contributed by atoms with Crippen LogP contribution in [0.15, 0.2) is 24.4 Å². The van der Waals surface area contributed by atoms with Crippen LogP contribution in [-0.2, 0) is 0 Å². The Labute approximate surface area is 115 Å². The molecular weight excluding hydrogens is 260 g/mol. The summed E-state index contributed by atoms with van der Waals surface area (Å²) in [4.78, 5) is 12.4. The van der Waals surface area contributed by atoms with Crippen LogP contribution in [0.1, 0.15) is 20.8 Å². The fourth-order valence-electron chi connectivity index (χ4n) is 1.44. The fourth-order valence-corrected chi connectivity index (χ4v) is 1.85. The molecule has 0 saturated heterocycles. The molecular formula is C13H12N4OS. The van der Waals surface area contributed by atoms with Crippen LogP contribution in [0, 0.1) is 18.8 Å². The number of nitrogens with two attached hydrogens (primary N) is 1. The summed E-state index contributed by atoms with van der Waals surface area (Å²) in [5.41, 5.74) is 7.83. The molecule has 0 atom stereocenters. The molecule has 0 aliphatic heterocycles. The predicted molar refractivity (Wildman–Crippen MR) is 75.0 cm³/mol. The summed E-state index contributed by atoms with van der Waals surface area (Å²) in [6.45, 7) is 2.22. The lowest BCUT2D eigenvalue weighted by Crippen LogP contribution is -2.11. The number of amides is 1. The minimum atomic E-state index is -0.220. The third-order valence-corrected chi connectivity index (χ3v) is 3.07. The van der Waals surface area contributed by atoms with Crippen molar-refractivity contribution in [3.8, 4) is 11.8 Å². The summed E-state index contributed by atoms with van der Waals surface area (Å²) in [7, 11) is 0. The van der Waals surface area contributed by atoms with E-state index in [1.54, 1.807) is 0 Å². The van der Waals surface area contributed by atoms with E-state index in [-0.39, 0.29) is 5.91 Å². The molecule has 1 aromatic carbocycles. The summed E-state index contributed by atoms with van der Waals surface area (Å²) < 4.78 is 3.66. The summed E-state index contributed by atoms with van der Waals surface area (Å²) in [6, 6.07) is 5.62. The fraction of sp³-hybridized carbons (Fsp3) is 0.154. The number of benzene rings is 1. The van der Waals surface area contributed by atoms with Gasteiger partial charge in [0.15, 0.2) is 0 Å². The van der Waals surface area contributed by atoms with Gasteiger partial charge in [0.05, 0.1) is 12.7 Å². The zero-order valence-corrected chi connectivity index (χ0v) is 11.1. The van der Waals surface area contributed by atoms with E-state index in [1.807, 2.05) is 25.1 Å². The van der Waals surface area contributed by atoms with E-state index < -0.39 is 0 Å². The molecule has 0 aliphatic carbocycles. The first kappa shape index (κ1) is 13.2. The van der Waals surface area contributed by atoms with Gasteiger partial charge in [0.1, 0.15) is 4.88 Å². The Morgan fingerprint density at radius 1 is 1.53 bits per heavy atom. The minimum absolute atomic E-state index is 0.220. The normalized spacial score (nSPS) is 9.58. The van der Waals surface area contributed by atoms with E-state index in [9.17, 15) is 4.79 Å². The van der Waals surface area contributed by atoms with Crippen molar-refractivity contribution in [3.05, 3.63) is 40.4 Å². The topological polar surface area (TPSA) is 80.9 Å². The number of anilines is 1. The molecule has 5 nitrogen and oxygen atoms in total. The Hall–Kier alpha value is -2.23. The first-order valence-electron chi connectivity index (χ1n) is 5.59. The number of aromatic nitrogens is 2. The van der Waals surface area contributed by atoms with E-state index in [0.29, 0.717) is 11.4 Å². The van der Waals surface area contributed by atoms with Crippen molar-refractivity contribution in [1.82, 2.24) is 9.59 Å². The molecule has 1 aromatic heterocycles. The largest absolute Gasteiger partial charge is 0.321 e. The number of rotatable bonds is 2. The van der Waals surface area contributed by atoms with Gasteiger partial charge in [-0.25, -0.2) is 0 Å². The molecule has 0 fully saturated rings. The molecule has 0 bridgehead atoms. The number of carbonyl (C=O) groups excluding carboxylic acids is 1. The van der Waals surface area contributed by atoms with E-state index in [0.717, 1.165) is 28.3 Å². The summed E-state index contributed by atoms with van der Waals surface area (Å²) >= 11 is 1.06. The number of nitrogens with zero attached hydrogens (tertiary/aromatic N) is 2. The van der Waals surface area contributed by atoms with Crippen molar-refractivity contribution in [2.24, 2.45) is 5.73 Å². The van der Waals surface area contributed by atoms with Gasteiger partial charge in [-0.05, 0) is 36.2 Å². The van der Waals surface area contributed by atoms with Gasteiger partial charge in [-0.15, -0.1) is 5.10 Å². The Morgan fingerprint density at radius 3 is 3.05 bits per heavy atom. The molecule has 3 N–H and O–H groups in total. The van der Waals surface area contributed by atoms with Crippen molar-refractivity contribution in [2.75, 3.05) is 11.9 Å². The summed E-state index contributed by atoms with van der Waals surface area (Å²) in [5, 5.41) is 6.46. The highest BCUT2D eigenvalue weighted by Crippen LogP contribution is 2.18. The van der Waals surface area contributed by atoms with Gasteiger partial charge in [-0.2, -0.15) is 0 Å². The van der Waals surface area contributed by atoms with Crippen LogP contribution < -0.4 is 11.1 Å². The second kappa shape index (κ2) is 6.09. The Balaban J connectivity index is 2.22. The van der Waals surface area contributed by atoms with Gasteiger partial charge < -0.3 is 11.1 Å². The molecule has 0 unspecified atom stereocenters. The molecule has 1 heterocycles. The van der Waals surface area contributed by atoms with Gasteiger partial charge in [0.25, 0.3) is 5.91 Å². The van der Waals surface area contributed by atoms with Gasteiger partial charge >= 0.3 is 0 Å². The predicted octanol–water partition coefficient (Wildman–Crippen LogP) is 1.41. The first-order chi connectivity index (χ1) is 9.20. The smallest absolute Gasteiger partial charge is 0.269 e. The number of nitrogens with one attached hydrogen (secondary N) is 1. The number of hydrogen-bond donors (Lipinski definition) is 2. The lowest BCUT2D eigenvalue weighted by atomic mass is 10.1. The average molecular weight is 272 g/mol. The van der Waals surface area contributed by atoms with E-state index in [4.69, 9.17) is 5.73 Å². The Morgan fingerprint density at radius 2 is 2.37 bits per heavy atom. The van der Waals surface area contributed by atoms with Crippen LogP contribution in [0.4, 0.5) is 5.69 Å². The monoisotopic (exact) mass is 272 g/mol. The maximum atomic E-state index is 11.9. The maximum absolute atomic E-state index is 11.9. The summed E-state index contributed by atoms with van der Waals surface area (Å²) in [6.07, 6.45) is 1.44. The molecule has 6 heteroatoms. The highest BCUT2D eigenvalue weighted by Gasteiger charge is 2.10. The van der Waals surface area contributed by atoms with Crippen LogP contribution in [-0.4, -0.2) is 22.0 Å². The molecule has 0 radical (unpaired) electrons. The summed E-state index contributed by atoms with van der Waals surface area (Å²) in [5.74, 6) is 5.49. The van der Waals surface area contributed by atoms with Crippen molar-refractivity contribution >= 4 is 23.1 Å².